The van der Waals surface area contributed by atoms with Gasteiger partial charge in [0.05, 0.1) is 11.3 Å². The van der Waals surface area contributed by atoms with Gasteiger partial charge in [0.25, 0.3) is 0 Å². The summed E-state index contributed by atoms with van der Waals surface area (Å²) in [5.41, 5.74) is 5.17. The first-order valence-corrected chi connectivity index (χ1v) is 14.1. The zero-order valence-corrected chi connectivity index (χ0v) is 22.7. The molecular weight excluding hydrogens is 512 g/mol. The van der Waals surface area contributed by atoms with Crippen LogP contribution in [0.2, 0.25) is 0 Å². The summed E-state index contributed by atoms with van der Waals surface area (Å²) in [5, 5.41) is -0.646. The average Bonchev–Trinajstić information content (AvgIpc) is 3.32. The SMILES string of the molecule is O=C1c2ccccc2[C@@H](c2ccccc2)[C@@H]1[C@H](c1ccccc1)[C@H](C(=O)c1ccccc1)[C@@H](Cl)c1ccccc1. The molecule has 0 saturated heterocycles. The Morgan fingerprint density at radius 1 is 0.600 bits per heavy atom. The number of fused-ring (bicyclic) bond motifs is 1. The number of hydrogen-bond acceptors (Lipinski definition) is 2. The molecule has 0 radical (unpaired) electrons. The molecule has 0 aliphatic heterocycles. The van der Waals surface area contributed by atoms with Gasteiger partial charge in [-0.15, -0.1) is 11.6 Å². The maximum absolute atomic E-state index is 14.6. The van der Waals surface area contributed by atoms with Crippen LogP contribution in [-0.2, 0) is 0 Å². The van der Waals surface area contributed by atoms with Crippen LogP contribution in [-0.4, -0.2) is 11.6 Å². The van der Waals surface area contributed by atoms with Gasteiger partial charge in [0.2, 0.25) is 0 Å². The van der Waals surface area contributed by atoms with Crippen molar-refractivity contribution in [2.45, 2.75) is 17.2 Å². The van der Waals surface area contributed by atoms with Gasteiger partial charge in [0.1, 0.15) is 0 Å². The fraction of sp³-hybridized carbons (Fsp3) is 0.135. The fourth-order valence-corrected chi connectivity index (χ4v) is 6.78. The van der Waals surface area contributed by atoms with E-state index in [9.17, 15) is 9.59 Å². The predicted octanol–water partition coefficient (Wildman–Crippen LogP) is 8.89. The van der Waals surface area contributed by atoms with Gasteiger partial charge in [0.15, 0.2) is 11.6 Å². The van der Waals surface area contributed by atoms with E-state index < -0.39 is 23.1 Å². The fourth-order valence-electron chi connectivity index (χ4n) is 6.37. The van der Waals surface area contributed by atoms with E-state index in [0.29, 0.717) is 5.56 Å². The van der Waals surface area contributed by atoms with Crippen molar-refractivity contribution in [1.29, 1.82) is 0 Å². The molecule has 5 aromatic rings. The standard InChI is InChI=1S/C37H29ClO2/c38-35(27-19-9-3-10-20-27)34(36(39)28-21-11-4-12-22-28)32(26-17-7-2-8-18-26)33-31(25-15-5-1-6-16-25)29-23-13-14-24-30(29)37(33)40/h1-24,31-35H/t31-,32+,33-,34+,35+/m1/s1. The van der Waals surface area contributed by atoms with Crippen LogP contribution in [0.5, 0.6) is 0 Å². The molecule has 1 aliphatic carbocycles. The summed E-state index contributed by atoms with van der Waals surface area (Å²) >= 11 is 7.36. The van der Waals surface area contributed by atoms with Crippen LogP contribution in [0.3, 0.4) is 0 Å². The van der Waals surface area contributed by atoms with Gasteiger partial charge in [0, 0.05) is 28.9 Å². The molecule has 0 bridgehead atoms. The third kappa shape index (κ3) is 4.80. The molecule has 0 N–H and O–H groups in total. The minimum absolute atomic E-state index is 0.0566. The van der Waals surface area contributed by atoms with E-state index in [4.69, 9.17) is 11.6 Å². The minimum atomic E-state index is -0.691. The molecule has 5 aromatic carbocycles. The normalized spacial score (nSPS) is 18.5. The van der Waals surface area contributed by atoms with Gasteiger partial charge < -0.3 is 0 Å². The number of hydrogen-bond donors (Lipinski definition) is 0. The zero-order valence-electron chi connectivity index (χ0n) is 21.9. The molecule has 0 spiro atoms. The van der Waals surface area contributed by atoms with Crippen molar-refractivity contribution >= 4 is 23.2 Å². The molecule has 3 heteroatoms. The molecule has 196 valence electrons. The van der Waals surface area contributed by atoms with Crippen LogP contribution in [0.25, 0.3) is 0 Å². The van der Waals surface area contributed by atoms with Gasteiger partial charge in [-0.1, -0.05) is 146 Å². The lowest BCUT2D eigenvalue weighted by Gasteiger charge is -2.36. The second kappa shape index (κ2) is 11.5. The Balaban J connectivity index is 1.59. The van der Waals surface area contributed by atoms with Crippen molar-refractivity contribution in [3.63, 3.8) is 0 Å². The Morgan fingerprint density at radius 2 is 1.10 bits per heavy atom. The summed E-state index contributed by atoms with van der Waals surface area (Å²) in [6.45, 7) is 0. The Hall–Kier alpha value is -4.27. The summed E-state index contributed by atoms with van der Waals surface area (Å²) in [6.07, 6.45) is 0. The quantitative estimate of drug-likeness (QED) is 0.145. The average molecular weight is 541 g/mol. The van der Waals surface area contributed by atoms with Gasteiger partial charge in [-0.25, -0.2) is 0 Å². The third-order valence-electron chi connectivity index (χ3n) is 8.13. The summed E-state index contributed by atoms with van der Waals surface area (Å²) in [6, 6.07) is 47.1. The topological polar surface area (TPSA) is 34.1 Å². The number of rotatable bonds is 8. The molecule has 0 unspecified atom stereocenters. The zero-order chi connectivity index (χ0) is 27.5. The molecule has 40 heavy (non-hydrogen) atoms. The third-order valence-corrected chi connectivity index (χ3v) is 8.66. The lowest BCUT2D eigenvalue weighted by Crippen LogP contribution is -2.35. The highest BCUT2D eigenvalue weighted by Crippen LogP contribution is 2.54. The van der Waals surface area contributed by atoms with Crippen LogP contribution in [0.15, 0.2) is 146 Å². The summed E-state index contributed by atoms with van der Waals surface area (Å²) in [7, 11) is 0. The Bertz CT molecular complexity index is 1600. The lowest BCUT2D eigenvalue weighted by atomic mass is 9.66. The van der Waals surface area contributed by atoms with Crippen molar-refractivity contribution in [3.8, 4) is 0 Å². The van der Waals surface area contributed by atoms with Gasteiger partial charge in [-0.2, -0.15) is 0 Å². The second-order valence-corrected chi connectivity index (χ2v) is 10.8. The Morgan fingerprint density at radius 3 is 1.73 bits per heavy atom. The van der Waals surface area contributed by atoms with Crippen molar-refractivity contribution < 1.29 is 9.59 Å². The van der Waals surface area contributed by atoms with E-state index in [2.05, 4.69) is 18.2 Å². The van der Waals surface area contributed by atoms with E-state index in [0.717, 1.165) is 27.8 Å². The smallest absolute Gasteiger partial charge is 0.168 e. The lowest BCUT2D eigenvalue weighted by molar-refractivity contribution is 0.0812. The van der Waals surface area contributed by atoms with Gasteiger partial charge in [-0.05, 0) is 22.3 Å². The van der Waals surface area contributed by atoms with Crippen LogP contribution in [0.4, 0.5) is 0 Å². The van der Waals surface area contributed by atoms with E-state index in [1.807, 2.05) is 127 Å². The molecule has 1 aliphatic rings. The van der Waals surface area contributed by atoms with E-state index >= 15 is 0 Å². The van der Waals surface area contributed by atoms with E-state index in [-0.39, 0.29) is 17.5 Å². The molecular formula is C37H29ClO2. The summed E-state index contributed by atoms with van der Waals surface area (Å²) in [5.74, 6) is -1.88. The van der Waals surface area contributed by atoms with Crippen LogP contribution in [0, 0.1) is 11.8 Å². The summed E-state index contributed by atoms with van der Waals surface area (Å²) < 4.78 is 0. The van der Waals surface area contributed by atoms with E-state index in [1.165, 1.54) is 0 Å². The van der Waals surface area contributed by atoms with Crippen molar-refractivity contribution in [1.82, 2.24) is 0 Å². The first-order chi connectivity index (χ1) is 19.6. The monoisotopic (exact) mass is 540 g/mol. The molecule has 0 heterocycles. The van der Waals surface area contributed by atoms with E-state index in [1.54, 1.807) is 0 Å². The molecule has 2 nitrogen and oxygen atoms in total. The Labute approximate surface area is 240 Å². The first-order valence-electron chi connectivity index (χ1n) is 13.7. The largest absolute Gasteiger partial charge is 0.294 e. The van der Waals surface area contributed by atoms with Crippen LogP contribution < -0.4 is 0 Å². The number of halogens is 1. The van der Waals surface area contributed by atoms with Gasteiger partial charge >= 0.3 is 0 Å². The minimum Gasteiger partial charge on any atom is -0.294 e. The summed E-state index contributed by atoms with van der Waals surface area (Å²) in [4.78, 5) is 29.0. The molecule has 0 aromatic heterocycles. The number of benzene rings is 5. The maximum Gasteiger partial charge on any atom is 0.168 e. The maximum atomic E-state index is 14.6. The number of carbonyl (C=O) groups excluding carboxylic acids is 2. The van der Waals surface area contributed by atoms with Crippen molar-refractivity contribution in [2.24, 2.45) is 11.8 Å². The van der Waals surface area contributed by atoms with Gasteiger partial charge in [-0.3, -0.25) is 9.59 Å². The second-order valence-electron chi connectivity index (χ2n) is 10.4. The molecule has 0 fully saturated rings. The molecule has 0 amide bonds. The van der Waals surface area contributed by atoms with Crippen LogP contribution in [0.1, 0.15) is 60.2 Å². The first kappa shape index (κ1) is 26.0. The predicted molar refractivity (Wildman–Crippen MR) is 161 cm³/mol. The highest BCUT2D eigenvalue weighted by Gasteiger charge is 2.50. The number of alkyl halides is 1. The van der Waals surface area contributed by atoms with Crippen LogP contribution >= 0.6 is 11.6 Å². The number of Topliss-reactive ketones (excluding diaryl/α,β-unsaturated/α-hetero) is 2. The molecule has 6 rings (SSSR count). The molecule has 0 saturated carbocycles. The number of carbonyl (C=O) groups is 2. The van der Waals surface area contributed by atoms with Crippen molar-refractivity contribution in [3.05, 3.63) is 179 Å². The highest BCUT2D eigenvalue weighted by atomic mass is 35.5. The Kier molecular flexibility index (Phi) is 7.44. The highest BCUT2D eigenvalue weighted by molar-refractivity contribution is 6.23. The number of ketones is 2. The van der Waals surface area contributed by atoms with Crippen molar-refractivity contribution in [2.75, 3.05) is 0 Å². The molecule has 5 atom stereocenters.